The van der Waals surface area contributed by atoms with Crippen molar-refractivity contribution in [2.75, 3.05) is 52.7 Å². The number of ether oxygens (including phenoxy) is 1. The predicted octanol–water partition coefficient (Wildman–Crippen LogP) is 6.29. The van der Waals surface area contributed by atoms with E-state index in [1.807, 2.05) is 12.1 Å². The Labute approximate surface area is 218 Å². The zero-order valence-electron chi connectivity index (χ0n) is 23.6. The summed E-state index contributed by atoms with van der Waals surface area (Å²) in [6, 6.07) is 15.0. The van der Waals surface area contributed by atoms with Crippen LogP contribution in [0.15, 0.2) is 42.5 Å². The summed E-state index contributed by atoms with van der Waals surface area (Å²) in [5.74, 6) is 3.18. The normalized spacial score (nSPS) is 12.0. The van der Waals surface area contributed by atoms with Crippen LogP contribution in [0.5, 0.6) is 5.75 Å². The van der Waals surface area contributed by atoms with Gasteiger partial charge in [0.25, 0.3) is 0 Å². The second-order valence-electron chi connectivity index (χ2n) is 11.0. The van der Waals surface area contributed by atoms with Crippen LogP contribution in [0.2, 0.25) is 0 Å². The SMILES string of the molecule is COc1ccc(-n2c(NCCCN(C)C)nc3cc(CN(CCC(C)C)CCC(C)C)ccc32)cc1. The molecule has 3 aromatic rings. The molecule has 36 heavy (non-hydrogen) atoms. The minimum absolute atomic E-state index is 0.718. The minimum atomic E-state index is 0.718. The molecule has 2 aromatic carbocycles. The van der Waals surface area contributed by atoms with Gasteiger partial charge in [0.05, 0.1) is 18.1 Å². The van der Waals surface area contributed by atoms with E-state index in [0.29, 0.717) is 0 Å². The van der Waals surface area contributed by atoms with E-state index in [2.05, 4.69) is 91.8 Å². The fourth-order valence-corrected chi connectivity index (χ4v) is 4.34. The van der Waals surface area contributed by atoms with Gasteiger partial charge in [-0.15, -0.1) is 0 Å². The van der Waals surface area contributed by atoms with Gasteiger partial charge in [-0.1, -0.05) is 33.8 Å². The van der Waals surface area contributed by atoms with Crippen LogP contribution >= 0.6 is 0 Å². The first-order valence-corrected chi connectivity index (χ1v) is 13.5. The molecule has 0 amide bonds. The van der Waals surface area contributed by atoms with Gasteiger partial charge < -0.3 is 15.0 Å². The molecule has 0 radical (unpaired) electrons. The Kier molecular flexibility index (Phi) is 10.6. The average Bonchev–Trinajstić information content (AvgIpc) is 3.20. The van der Waals surface area contributed by atoms with Crippen LogP contribution in [0, 0.1) is 11.8 Å². The van der Waals surface area contributed by atoms with Crippen molar-refractivity contribution in [3.8, 4) is 11.4 Å². The summed E-state index contributed by atoms with van der Waals surface area (Å²) < 4.78 is 7.60. The van der Waals surface area contributed by atoms with Crippen molar-refractivity contribution in [3.05, 3.63) is 48.0 Å². The molecule has 0 unspecified atom stereocenters. The molecular weight excluding hydrogens is 446 g/mol. The third-order valence-corrected chi connectivity index (χ3v) is 6.57. The first kappa shape index (κ1) is 28.0. The fraction of sp³-hybridized carbons (Fsp3) is 0.567. The molecule has 1 N–H and O–H groups in total. The Hall–Kier alpha value is -2.57. The van der Waals surface area contributed by atoms with Gasteiger partial charge in [-0.2, -0.15) is 0 Å². The number of rotatable bonds is 15. The molecule has 0 spiro atoms. The van der Waals surface area contributed by atoms with Crippen molar-refractivity contribution in [1.82, 2.24) is 19.4 Å². The number of aromatic nitrogens is 2. The lowest BCUT2D eigenvalue weighted by Gasteiger charge is -2.24. The van der Waals surface area contributed by atoms with Gasteiger partial charge in [0, 0.05) is 18.8 Å². The highest BCUT2D eigenvalue weighted by Gasteiger charge is 2.15. The summed E-state index contributed by atoms with van der Waals surface area (Å²) in [7, 11) is 5.92. The Balaban J connectivity index is 1.88. The zero-order valence-corrected chi connectivity index (χ0v) is 23.6. The lowest BCUT2D eigenvalue weighted by molar-refractivity contribution is 0.236. The Morgan fingerprint density at radius 3 is 2.17 bits per heavy atom. The number of anilines is 1. The minimum Gasteiger partial charge on any atom is -0.497 e. The van der Waals surface area contributed by atoms with Crippen LogP contribution in [-0.2, 0) is 6.54 Å². The maximum absolute atomic E-state index is 5.38. The number of nitrogens with zero attached hydrogens (tertiary/aromatic N) is 4. The van der Waals surface area contributed by atoms with Gasteiger partial charge in [-0.25, -0.2) is 4.98 Å². The first-order chi connectivity index (χ1) is 17.3. The van der Waals surface area contributed by atoms with Crippen molar-refractivity contribution in [1.29, 1.82) is 0 Å². The Bertz CT molecular complexity index is 1040. The van der Waals surface area contributed by atoms with Crippen molar-refractivity contribution in [2.24, 2.45) is 11.8 Å². The average molecular weight is 494 g/mol. The van der Waals surface area contributed by atoms with Crippen LogP contribution in [0.1, 0.15) is 52.5 Å². The highest BCUT2D eigenvalue weighted by Crippen LogP contribution is 2.27. The van der Waals surface area contributed by atoms with Gasteiger partial charge >= 0.3 is 0 Å². The van der Waals surface area contributed by atoms with Crippen LogP contribution in [0.4, 0.5) is 5.95 Å². The number of nitrogens with one attached hydrogen (secondary N) is 1. The highest BCUT2D eigenvalue weighted by atomic mass is 16.5. The number of hydrogen-bond donors (Lipinski definition) is 1. The maximum Gasteiger partial charge on any atom is 0.208 e. The maximum atomic E-state index is 5.38. The summed E-state index contributed by atoms with van der Waals surface area (Å²) in [6.07, 6.45) is 3.52. The molecule has 6 heteroatoms. The van der Waals surface area contributed by atoms with Gasteiger partial charge in [0.15, 0.2) is 0 Å². The summed E-state index contributed by atoms with van der Waals surface area (Å²) in [5.41, 5.74) is 4.56. The molecule has 0 fully saturated rings. The highest BCUT2D eigenvalue weighted by molar-refractivity contribution is 5.82. The molecule has 1 aromatic heterocycles. The van der Waals surface area contributed by atoms with E-state index in [4.69, 9.17) is 9.72 Å². The van der Waals surface area contributed by atoms with Gasteiger partial charge in [-0.05, 0) is 107 Å². The molecule has 0 saturated heterocycles. The molecule has 6 nitrogen and oxygen atoms in total. The number of fused-ring (bicyclic) bond motifs is 1. The van der Waals surface area contributed by atoms with Crippen LogP contribution < -0.4 is 10.1 Å². The second kappa shape index (κ2) is 13.7. The molecule has 0 bridgehead atoms. The zero-order chi connectivity index (χ0) is 26.1. The van der Waals surface area contributed by atoms with Gasteiger partial charge in [0.2, 0.25) is 5.95 Å². The lowest BCUT2D eigenvalue weighted by Crippen LogP contribution is -2.27. The summed E-state index contributed by atoms with van der Waals surface area (Å²) in [5, 5.41) is 3.59. The molecule has 0 aliphatic carbocycles. The van der Waals surface area contributed by atoms with E-state index in [-0.39, 0.29) is 0 Å². The van der Waals surface area contributed by atoms with E-state index in [9.17, 15) is 0 Å². The van der Waals surface area contributed by atoms with Gasteiger partial charge in [0.1, 0.15) is 5.75 Å². The topological polar surface area (TPSA) is 45.6 Å². The lowest BCUT2D eigenvalue weighted by atomic mass is 10.1. The smallest absolute Gasteiger partial charge is 0.208 e. The largest absolute Gasteiger partial charge is 0.497 e. The number of imidazole rings is 1. The van der Waals surface area contributed by atoms with Gasteiger partial charge in [-0.3, -0.25) is 9.47 Å². The van der Waals surface area contributed by atoms with E-state index >= 15 is 0 Å². The van der Waals surface area contributed by atoms with Crippen molar-refractivity contribution in [3.63, 3.8) is 0 Å². The van der Waals surface area contributed by atoms with Crippen molar-refractivity contribution >= 4 is 17.0 Å². The summed E-state index contributed by atoms with van der Waals surface area (Å²) in [6.45, 7) is 14.4. The van der Waals surface area contributed by atoms with Crippen molar-refractivity contribution < 1.29 is 4.74 Å². The molecule has 1 heterocycles. The monoisotopic (exact) mass is 493 g/mol. The molecule has 0 atom stereocenters. The number of methoxy groups -OCH3 is 1. The van der Waals surface area contributed by atoms with Crippen LogP contribution in [0.3, 0.4) is 0 Å². The van der Waals surface area contributed by atoms with E-state index in [1.165, 1.54) is 18.4 Å². The third kappa shape index (κ3) is 8.24. The standard InChI is InChI=1S/C30H47N5O/c1-23(2)15-19-34(20-16-24(3)4)22-25-9-14-29-28(21-25)32-30(31-17-8-18-33(5)6)35(29)26-10-12-27(36-7)13-11-26/h9-14,21,23-24H,8,15-20,22H2,1-7H3,(H,31,32). The van der Waals surface area contributed by atoms with E-state index < -0.39 is 0 Å². The molecular formula is C30H47N5O. The first-order valence-electron chi connectivity index (χ1n) is 13.5. The molecule has 0 aliphatic rings. The summed E-state index contributed by atoms with van der Waals surface area (Å²) in [4.78, 5) is 9.88. The third-order valence-electron chi connectivity index (χ3n) is 6.57. The van der Waals surface area contributed by atoms with Crippen LogP contribution in [0.25, 0.3) is 16.7 Å². The molecule has 0 saturated carbocycles. The van der Waals surface area contributed by atoms with Crippen LogP contribution in [-0.4, -0.2) is 66.7 Å². The Morgan fingerprint density at radius 1 is 0.917 bits per heavy atom. The number of benzene rings is 2. The summed E-state index contributed by atoms with van der Waals surface area (Å²) >= 11 is 0. The second-order valence-corrected chi connectivity index (χ2v) is 11.0. The van der Waals surface area contributed by atoms with E-state index in [0.717, 1.165) is 79.4 Å². The predicted molar refractivity (Wildman–Crippen MR) is 153 cm³/mol. The van der Waals surface area contributed by atoms with E-state index in [1.54, 1.807) is 7.11 Å². The fourth-order valence-electron chi connectivity index (χ4n) is 4.34. The van der Waals surface area contributed by atoms with Crippen molar-refractivity contribution in [2.45, 2.75) is 53.5 Å². The molecule has 0 aliphatic heterocycles. The quantitative estimate of drug-likeness (QED) is 0.252. The molecule has 3 rings (SSSR count). The number of hydrogen-bond acceptors (Lipinski definition) is 5. The Morgan fingerprint density at radius 2 is 1.58 bits per heavy atom. The molecule has 198 valence electrons.